The average Bonchev–Trinajstić information content (AvgIpc) is 3.23. The molecule has 1 aromatic carbocycles. The molecule has 186 valence electrons. The minimum absolute atomic E-state index is 0.179. The van der Waals surface area contributed by atoms with Crippen molar-refractivity contribution in [1.29, 1.82) is 0 Å². The number of amides is 2. The fourth-order valence-electron chi connectivity index (χ4n) is 3.62. The number of nitrogens with zero attached hydrogens (tertiary/aromatic N) is 2. The highest BCUT2D eigenvalue weighted by molar-refractivity contribution is 7.89. The maximum absolute atomic E-state index is 15.1. The van der Waals surface area contributed by atoms with E-state index >= 15 is 4.39 Å². The van der Waals surface area contributed by atoms with Crippen LogP contribution >= 0.6 is 0 Å². The number of aromatic nitrogens is 1. The van der Waals surface area contributed by atoms with Gasteiger partial charge in [-0.1, -0.05) is 6.92 Å². The Morgan fingerprint density at radius 3 is 2.29 bits per heavy atom. The third kappa shape index (κ3) is 4.58. The summed E-state index contributed by atoms with van der Waals surface area (Å²) >= 11 is 0. The molecule has 10 nitrogen and oxygen atoms in total. The largest absolute Gasteiger partial charge is 0.465 e. The number of anilines is 1. The van der Waals surface area contributed by atoms with Crippen molar-refractivity contribution in [2.24, 2.45) is 12.5 Å². The van der Waals surface area contributed by atoms with Crippen molar-refractivity contribution in [2.75, 3.05) is 25.0 Å². The standard InChI is InChI=1S/C19H20F4N4O6S/c1-19(8-28)7-27(18(30)31)6-13(19)25-34(32,33)12-5-26(2)16(15(12)23)17(29)24-9-3-10(20)14(22)11(21)4-9/h3-5,13,25,28H,6-8H2,1-2H3,(H,24,29)(H,30,31). The highest BCUT2D eigenvalue weighted by Crippen LogP contribution is 2.32. The van der Waals surface area contributed by atoms with Crippen LogP contribution in [0.2, 0.25) is 0 Å². The molecule has 15 heteroatoms. The minimum atomic E-state index is -4.66. The van der Waals surface area contributed by atoms with Gasteiger partial charge in [0.1, 0.15) is 10.6 Å². The second-order valence-corrected chi connectivity index (χ2v) is 9.81. The molecule has 1 saturated heterocycles. The van der Waals surface area contributed by atoms with Gasteiger partial charge >= 0.3 is 6.09 Å². The molecule has 0 spiro atoms. The number of aliphatic hydroxyl groups is 1. The lowest BCUT2D eigenvalue weighted by molar-refractivity contribution is 0.101. The van der Waals surface area contributed by atoms with E-state index in [1.165, 1.54) is 6.92 Å². The lowest BCUT2D eigenvalue weighted by Crippen LogP contribution is -2.47. The average molecular weight is 508 g/mol. The Labute approximate surface area is 190 Å². The summed E-state index contributed by atoms with van der Waals surface area (Å²) in [5, 5.41) is 20.8. The third-order valence-electron chi connectivity index (χ3n) is 5.56. The Bertz CT molecular complexity index is 1240. The van der Waals surface area contributed by atoms with Gasteiger partial charge in [-0.15, -0.1) is 0 Å². The zero-order valence-corrected chi connectivity index (χ0v) is 18.6. The number of halogens is 4. The predicted molar refractivity (Wildman–Crippen MR) is 109 cm³/mol. The zero-order chi connectivity index (χ0) is 25.6. The molecule has 1 aromatic heterocycles. The molecule has 0 aliphatic carbocycles. The summed E-state index contributed by atoms with van der Waals surface area (Å²) in [4.78, 5) is 23.7. The molecular formula is C19H20F4N4O6S. The van der Waals surface area contributed by atoms with Gasteiger partial charge in [-0.05, 0) is 0 Å². The number of aliphatic hydroxyl groups excluding tert-OH is 1. The van der Waals surface area contributed by atoms with Crippen molar-refractivity contribution in [3.05, 3.63) is 47.3 Å². The minimum Gasteiger partial charge on any atom is -0.465 e. The molecule has 1 aliphatic heterocycles. The lowest BCUT2D eigenvalue weighted by atomic mass is 9.87. The van der Waals surface area contributed by atoms with Crippen molar-refractivity contribution in [3.63, 3.8) is 0 Å². The van der Waals surface area contributed by atoms with E-state index in [-0.39, 0.29) is 13.1 Å². The van der Waals surface area contributed by atoms with E-state index in [0.29, 0.717) is 12.1 Å². The highest BCUT2D eigenvalue weighted by Gasteiger charge is 2.47. The van der Waals surface area contributed by atoms with Crippen LogP contribution in [0.5, 0.6) is 0 Å². The molecule has 4 N–H and O–H groups in total. The summed E-state index contributed by atoms with van der Waals surface area (Å²) < 4.78 is 83.7. The fourth-order valence-corrected chi connectivity index (χ4v) is 5.11. The molecule has 2 atom stereocenters. The number of hydrogen-bond acceptors (Lipinski definition) is 5. The number of rotatable bonds is 6. The highest BCUT2D eigenvalue weighted by atomic mass is 32.2. The first-order valence-electron chi connectivity index (χ1n) is 9.62. The van der Waals surface area contributed by atoms with Gasteiger partial charge in [0.05, 0.1) is 6.61 Å². The van der Waals surface area contributed by atoms with E-state index in [4.69, 9.17) is 0 Å². The topological polar surface area (TPSA) is 141 Å². The number of aryl methyl sites for hydroxylation is 1. The van der Waals surface area contributed by atoms with Crippen LogP contribution in [-0.2, 0) is 17.1 Å². The molecule has 34 heavy (non-hydrogen) atoms. The molecule has 0 bridgehead atoms. The Kier molecular flexibility index (Phi) is 6.65. The quantitative estimate of drug-likeness (QED) is 0.344. The van der Waals surface area contributed by atoms with Gasteiger partial charge in [-0.3, -0.25) is 4.79 Å². The summed E-state index contributed by atoms with van der Waals surface area (Å²) in [6.45, 7) is 0.390. The van der Waals surface area contributed by atoms with Crippen LogP contribution in [0.4, 0.5) is 28.0 Å². The predicted octanol–water partition coefficient (Wildman–Crippen LogP) is 1.47. The van der Waals surface area contributed by atoms with Crippen LogP contribution in [0.25, 0.3) is 0 Å². The molecule has 0 saturated carbocycles. The number of likely N-dealkylation sites (tertiary alicyclic amines) is 1. The van der Waals surface area contributed by atoms with Crippen molar-refractivity contribution in [3.8, 4) is 0 Å². The van der Waals surface area contributed by atoms with Gasteiger partial charge in [0.15, 0.2) is 23.3 Å². The van der Waals surface area contributed by atoms with Gasteiger partial charge in [0, 0.05) is 55.6 Å². The van der Waals surface area contributed by atoms with Crippen molar-refractivity contribution in [1.82, 2.24) is 14.2 Å². The van der Waals surface area contributed by atoms with E-state index in [1.54, 1.807) is 0 Å². The lowest BCUT2D eigenvalue weighted by Gasteiger charge is -2.28. The Balaban J connectivity index is 1.89. The van der Waals surface area contributed by atoms with Crippen LogP contribution in [0, 0.1) is 28.7 Å². The first-order valence-corrected chi connectivity index (χ1v) is 11.1. The van der Waals surface area contributed by atoms with Crippen molar-refractivity contribution in [2.45, 2.75) is 17.9 Å². The Morgan fingerprint density at radius 1 is 1.18 bits per heavy atom. The van der Waals surface area contributed by atoms with Crippen LogP contribution < -0.4 is 10.0 Å². The molecule has 2 unspecified atom stereocenters. The normalized spacial score (nSPS) is 20.6. The molecule has 1 aliphatic rings. The van der Waals surface area contributed by atoms with Crippen LogP contribution in [0.3, 0.4) is 0 Å². The fraction of sp³-hybridized carbons (Fsp3) is 0.368. The van der Waals surface area contributed by atoms with E-state index in [1.807, 2.05) is 5.32 Å². The number of carboxylic acid groups (broad SMARTS) is 1. The van der Waals surface area contributed by atoms with Crippen LogP contribution in [-0.4, -0.2) is 65.8 Å². The second-order valence-electron chi connectivity index (χ2n) is 8.12. The van der Waals surface area contributed by atoms with Gasteiger partial charge < -0.3 is 25.0 Å². The number of nitrogens with one attached hydrogen (secondary N) is 2. The van der Waals surface area contributed by atoms with E-state index in [0.717, 1.165) is 22.7 Å². The summed E-state index contributed by atoms with van der Waals surface area (Å²) in [5.41, 5.74) is -2.55. The van der Waals surface area contributed by atoms with Gasteiger partial charge in [-0.2, -0.15) is 0 Å². The van der Waals surface area contributed by atoms with Crippen LogP contribution in [0.15, 0.2) is 23.2 Å². The number of hydrogen-bond donors (Lipinski definition) is 4. The second kappa shape index (κ2) is 8.88. The molecular weight excluding hydrogens is 488 g/mol. The first kappa shape index (κ1) is 25.5. The Hall–Kier alpha value is -3.17. The SMILES string of the molecule is Cn1cc(S(=O)(=O)NC2CN(C(=O)O)CC2(C)CO)c(F)c1C(=O)Nc1cc(F)c(F)c(F)c1. The summed E-state index contributed by atoms with van der Waals surface area (Å²) in [7, 11) is -3.52. The summed E-state index contributed by atoms with van der Waals surface area (Å²) in [5.74, 6) is -7.74. The zero-order valence-electron chi connectivity index (χ0n) is 17.8. The molecule has 2 aromatic rings. The summed E-state index contributed by atoms with van der Waals surface area (Å²) in [6.07, 6.45) is -0.557. The van der Waals surface area contributed by atoms with Gasteiger partial charge in [-0.25, -0.2) is 35.5 Å². The molecule has 2 heterocycles. The molecule has 2 amide bonds. The van der Waals surface area contributed by atoms with Crippen molar-refractivity contribution >= 4 is 27.7 Å². The van der Waals surface area contributed by atoms with Crippen LogP contribution in [0.1, 0.15) is 17.4 Å². The van der Waals surface area contributed by atoms with Crippen molar-refractivity contribution < 1.29 is 45.8 Å². The molecule has 1 fully saturated rings. The summed E-state index contributed by atoms with van der Waals surface area (Å²) in [6, 6.07) is -0.193. The van der Waals surface area contributed by atoms with E-state index in [9.17, 15) is 41.4 Å². The van der Waals surface area contributed by atoms with E-state index < -0.39 is 79.6 Å². The number of sulfonamides is 1. The van der Waals surface area contributed by atoms with E-state index in [2.05, 4.69) is 4.72 Å². The monoisotopic (exact) mass is 508 g/mol. The van der Waals surface area contributed by atoms with Gasteiger partial charge in [0.2, 0.25) is 10.0 Å². The third-order valence-corrected chi connectivity index (χ3v) is 7.02. The maximum atomic E-state index is 15.1. The molecule has 0 radical (unpaired) electrons. The number of carbonyl (C=O) groups excluding carboxylic acids is 1. The first-order chi connectivity index (χ1) is 15.7. The number of carbonyl (C=O) groups is 2. The smallest absolute Gasteiger partial charge is 0.407 e. The molecule has 3 rings (SSSR count). The maximum Gasteiger partial charge on any atom is 0.407 e. The Morgan fingerprint density at radius 2 is 1.76 bits per heavy atom. The number of benzene rings is 1. The van der Waals surface area contributed by atoms with Gasteiger partial charge in [0.25, 0.3) is 5.91 Å².